The fourth-order valence-electron chi connectivity index (χ4n) is 0.740. The maximum absolute atomic E-state index is 5.55. The smallest absolute Gasteiger partial charge is 0.121 e. The Kier molecular flexibility index (Phi) is 2.33. The second-order valence-electron chi connectivity index (χ2n) is 2.57. The predicted molar refractivity (Wildman–Crippen MR) is 42.2 cm³/mol. The van der Waals surface area contributed by atoms with Crippen molar-refractivity contribution in [2.24, 2.45) is 0 Å². The summed E-state index contributed by atoms with van der Waals surface area (Å²) in [7, 11) is 0. The third-order valence-corrected chi connectivity index (χ3v) is 1.65. The Morgan fingerprint density at radius 3 is 2.70 bits per heavy atom. The lowest BCUT2D eigenvalue weighted by molar-refractivity contribution is 0.828. The average Bonchev–Trinajstić information content (AvgIpc) is 2.34. The Hall–Kier alpha value is -0.500. The van der Waals surface area contributed by atoms with Crippen molar-refractivity contribution in [3.8, 4) is 0 Å². The van der Waals surface area contributed by atoms with Crippen LogP contribution in [-0.2, 0) is 5.88 Å². The zero-order valence-corrected chi connectivity index (χ0v) is 6.94. The van der Waals surface area contributed by atoms with Gasteiger partial charge < -0.3 is 4.98 Å². The fraction of sp³-hybridized carbons (Fsp3) is 0.571. The van der Waals surface area contributed by atoms with Crippen LogP contribution in [0.3, 0.4) is 0 Å². The van der Waals surface area contributed by atoms with Gasteiger partial charge in [-0.2, -0.15) is 0 Å². The van der Waals surface area contributed by atoms with Crippen molar-refractivity contribution >= 4 is 11.6 Å². The third-order valence-electron chi connectivity index (χ3n) is 1.40. The maximum Gasteiger partial charge on any atom is 0.121 e. The van der Waals surface area contributed by atoms with E-state index in [1.54, 1.807) is 0 Å². The monoisotopic (exact) mass is 158 g/mol. The number of H-pyrrole nitrogens is 1. The first kappa shape index (κ1) is 7.61. The van der Waals surface area contributed by atoms with Crippen molar-refractivity contribution in [2.75, 3.05) is 0 Å². The van der Waals surface area contributed by atoms with Crippen molar-refractivity contribution < 1.29 is 0 Å². The van der Waals surface area contributed by atoms with Gasteiger partial charge in [0.15, 0.2) is 0 Å². The molecule has 0 amide bonds. The minimum Gasteiger partial charge on any atom is -0.345 e. The molecule has 0 aliphatic rings. The van der Waals surface area contributed by atoms with Crippen LogP contribution in [0.5, 0.6) is 0 Å². The molecule has 1 N–H and O–H groups in total. The normalized spacial score (nSPS) is 10.8. The average molecular weight is 159 g/mol. The summed E-state index contributed by atoms with van der Waals surface area (Å²) in [6, 6.07) is 0. The van der Waals surface area contributed by atoms with Crippen molar-refractivity contribution in [3.05, 3.63) is 17.7 Å². The van der Waals surface area contributed by atoms with Crippen molar-refractivity contribution in [1.82, 2.24) is 9.97 Å². The molecule has 1 aromatic rings. The first-order valence-electron chi connectivity index (χ1n) is 3.33. The fourth-order valence-corrected chi connectivity index (χ4v) is 0.876. The SMILES string of the molecule is CC(C)c1cnc(CCl)[nH]1. The summed E-state index contributed by atoms with van der Waals surface area (Å²) in [5.41, 5.74) is 1.15. The lowest BCUT2D eigenvalue weighted by Crippen LogP contribution is -1.86. The van der Waals surface area contributed by atoms with Gasteiger partial charge in [-0.1, -0.05) is 13.8 Å². The van der Waals surface area contributed by atoms with Crippen molar-refractivity contribution in [3.63, 3.8) is 0 Å². The van der Waals surface area contributed by atoms with Gasteiger partial charge in [0.1, 0.15) is 5.82 Å². The Balaban J connectivity index is 2.78. The molecule has 0 unspecified atom stereocenters. The molecule has 10 heavy (non-hydrogen) atoms. The molecule has 0 aliphatic heterocycles. The van der Waals surface area contributed by atoms with Crippen LogP contribution in [0.25, 0.3) is 0 Å². The van der Waals surface area contributed by atoms with Crippen LogP contribution < -0.4 is 0 Å². The van der Waals surface area contributed by atoms with Crippen LogP contribution in [0.1, 0.15) is 31.3 Å². The second kappa shape index (κ2) is 3.06. The number of nitrogens with one attached hydrogen (secondary N) is 1. The molecule has 0 saturated carbocycles. The lowest BCUT2D eigenvalue weighted by atomic mass is 10.2. The molecule has 1 aromatic heterocycles. The van der Waals surface area contributed by atoms with Crippen LogP contribution in [0.4, 0.5) is 0 Å². The van der Waals surface area contributed by atoms with E-state index in [-0.39, 0.29) is 0 Å². The van der Waals surface area contributed by atoms with Crippen molar-refractivity contribution in [1.29, 1.82) is 0 Å². The van der Waals surface area contributed by atoms with Crippen LogP contribution in [0, 0.1) is 0 Å². The molecule has 0 aliphatic carbocycles. The molecule has 0 aromatic carbocycles. The van der Waals surface area contributed by atoms with Gasteiger partial charge >= 0.3 is 0 Å². The highest BCUT2D eigenvalue weighted by molar-refractivity contribution is 6.16. The Bertz CT molecular complexity index is 205. The van der Waals surface area contributed by atoms with Crippen LogP contribution in [-0.4, -0.2) is 9.97 Å². The molecule has 0 saturated heterocycles. The molecular formula is C7H11ClN2. The Morgan fingerprint density at radius 1 is 1.70 bits per heavy atom. The molecule has 1 rings (SSSR count). The Labute approximate surface area is 65.6 Å². The van der Waals surface area contributed by atoms with Gasteiger partial charge in [0.25, 0.3) is 0 Å². The van der Waals surface area contributed by atoms with Gasteiger partial charge in [-0.3, -0.25) is 0 Å². The highest BCUT2D eigenvalue weighted by Gasteiger charge is 2.01. The first-order valence-corrected chi connectivity index (χ1v) is 3.87. The van der Waals surface area contributed by atoms with E-state index in [1.165, 1.54) is 0 Å². The number of nitrogens with zero attached hydrogens (tertiary/aromatic N) is 1. The number of hydrogen-bond donors (Lipinski definition) is 1. The molecule has 0 fully saturated rings. The van der Waals surface area contributed by atoms with Gasteiger partial charge in [0, 0.05) is 11.9 Å². The van der Waals surface area contributed by atoms with E-state index in [1.807, 2.05) is 6.20 Å². The molecule has 3 heteroatoms. The minimum atomic E-state index is 0.465. The van der Waals surface area contributed by atoms with Crippen molar-refractivity contribution in [2.45, 2.75) is 25.6 Å². The van der Waals surface area contributed by atoms with E-state index in [9.17, 15) is 0 Å². The van der Waals surface area contributed by atoms with E-state index in [2.05, 4.69) is 23.8 Å². The standard InChI is InChI=1S/C7H11ClN2/c1-5(2)6-4-9-7(3-8)10-6/h4-5H,3H2,1-2H3,(H,9,10). The molecule has 0 spiro atoms. The predicted octanol–water partition coefficient (Wildman–Crippen LogP) is 2.27. The number of imidazole rings is 1. The van der Waals surface area contributed by atoms with Gasteiger partial charge in [-0.15, -0.1) is 11.6 Å². The summed E-state index contributed by atoms with van der Waals surface area (Å²) in [6.07, 6.45) is 1.84. The molecule has 0 radical (unpaired) electrons. The zero-order valence-electron chi connectivity index (χ0n) is 6.19. The molecule has 2 nitrogen and oxygen atoms in total. The maximum atomic E-state index is 5.55. The number of aromatic amines is 1. The number of rotatable bonds is 2. The van der Waals surface area contributed by atoms with Gasteiger partial charge in [0.05, 0.1) is 5.88 Å². The van der Waals surface area contributed by atoms with Gasteiger partial charge in [-0.05, 0) is 5.92 Å². The van der Waals surface area contributed by atoms with E-state index >= 15 is 0 Å². The summed E-state index contributed by atoms with van der Waals surface area (Å²) < 4.78 is 0. The second-order valence-corrected chi connectivity index (χ2v) is 2.84. The molecular weight excluding hydrogens is 148 g/mol. The van der Waals surface area contributed by atoms with Gasteiger partial charge in [0.2, 0.25) is 0 Å². The summed E-state index contributed by atoms with van der Waals surface area (Å²) >= 11 is 5.55. The molecule has 0 bridgehead atoms. The van der Waals surface area contributed by atoms with Gasteiger partial charge in [-0.25, -0.2) is 4.98 Å². The topological polar surface area (TPSA) is 28.7 Å². The number of aromatic nitrogens is 2. The highest BCUT2D eigenvalue weighted by atomic mass is 35.5. The summed E-state index contributed by atoms with van der Waals surface area (Å²) in [4.78, 5) is 7.19. The zero-order chi connectivity index (χ0) is 7.56. The molecule has 56 valence electrons. The van der Waals surface area contributed by atoms with Crippen LogP contribution in [0.15, 0.2) is 6.20 Å². The minimum absolute atomic E-state index is 0.465. The molecule has 0 atom stereocenters. The van der Waals surface area contributed by atoms with E-state index < -0.39 is 0 Å². The summed E-state index contributed by atoms with van der Waals surface area (Å²) in [6.45, 7) is 4.23. The summed E-state index contributed by atoms with van der Waals surface area (Å²) in [5, 5.41) is 0. The number of hydrogen-bond acceptors (Lipinski definition) is 1. The Morgan fingerprint density at radius 2 is 2.40 bits per heavy atom. The van der Waals surface area contributed by atoms with E-state index in [4.69, 9.17) is 11.6 Å². The highest BCUT2D eigenvalue weighted by Crippen LogP contribution is 2.11. The summed E-state index contributed by atoms with van der Waals surface area (Å²) in [5.74, 6) is 1.82. The van der Waals surface area contributed by atoms with Crippen LogP contribution >= 0.6 is 11.6 Å². The third kappa shape index (κ3) is 1.51. The first-order chi connectivity index (χ1) is 4.74. The van der Waals surface area contributed by atoms with E-state index in [0.717, 1.165) is 11.5 Å². The van der Waals surface area contributed by atoms with E-state index in [0.29, 0.717) is 11.8 Å². The number of halogens is 1. The largest absolute Gasteiger partial charge is 0.345 e. The quantitative estimate of drug-likeness (QED) is 0.658. The lowest BCUT2D eigenvalue weighted by Gasteiger charge is -1.97. The number of alkyl halides is 1. The molecule has 1 heterocycles. The van der Waals surface area contributed by atoms with Crippen LogP contribution in [0.2, 0.25) is 0 Å².